The number of hydrogen-bond donors (Lipinski definition) is 1. The molecule has 1 nitrogen and oxygen atoms in total. The smallest absolute Gasteiger partial charge is 0.147 e. The maximum absolute atomic E-state index is 13.6. The first-order valence-electron chi connectivity index (χ1n) is 3.97. The molecular formula is C9H8BrClFN. The summed E-state index contributed by atoms with van der Waals surface area (Å²) >= 11 is 8.95. The summed E-state index contributed by atoms with van der Waals surface area (Å²) in [6.07, 6.45) is 1.64. The molecule has 1 saturated carbocycles. The Labute approximate surface area is 89.2 Å². The molecule has 2 rings (SSSR count). The topological polar surface area (TPSA) is 26.0 Å². The molecule has 0 atom stereocenters. The lowest BCUT2D eigenvalue weighted by molar-refractivity contribution is 0.576. The van der Waals surface area contributed by atoms with E-state index in [1.165, 1.54) is 6.07 Å². The minimum Gasteiger partial charge on any atom is -0.321 e. The van der Waals surface area contributed by atoms with Crippen LogP contribution in [0.4, 0.5) is 4.39 Å². The van der Waals surface area contributed by atoms with E-state index in [4.69, 9.17) is 17.3 Å². The Morgan fingerprint density at radius 2 is 2.08 bits per heavy atom. The summed E-state index contributed by atoms with van der Waals surface area (Å²) in [6, 6.07) is 3.25. The van der Waals surface area contributed by atoms with Gasteiger partial charge >= 0.3 is 0 Å². The van der Waals surface area contributed by atoms with Gasteiger partial charge in [0, 0.05) is 15.6 Å². The quantitative estimate of drug-likeness (QED) is 0.775. The summed E-state index contributed by atoms with van der Waals surface area (Å²) in [5, 5.41) is 0.134. The van der Waals surface area contributed by atoms with E-state index in [9.17, 15) is 4.39 Å². The van der Waals surface area contributed by atoms with Gasteiger partial charge in [0.1, 0.15) is 5.82 Å². The molecule has 0 saturated heterocycles. The summed E-state index contributed by atoms with van der Waals surface area (Å²) in [6.45, 7) is 0. The van der Waals surface area contributed by atoms with Gasteiger partial charge in [-0.25, -0.2) is 4.39 Å². The number of benzene rings is 1. The monoisotopic (exact) mass is 263 g/mol. The fraction of sp³-hybridized carbons (Fsp3) is 0.333. The van der Waals surface area contributed by atoms with Crippen molar-refractivity contribution in [2.75, 3.05) is 0 Å². The van der Waals surface area contributed by atoms with E-state index in [2.05, 4.69) is 15.9 Å². The van der Waals surface area contributed by atoms with Gasteiger partial charge in [-0.2, -0.15) is 0 Å². The Balaban J connectivity index is 2.61. The first-order valence-corrected chi connectivity index (χ1v) is 5.14. The van der Waals surface area contributed by atoms with Crippen molar-refractivity contribution in [3.63, 3.8) is 0 Å². The Kier molecular flexibility index (Phi) is 2.13. The highest BCUT2D eigenvalue weighted by Crippen LogP contribution is 2.47. The van der Waals surface area contributed by atoms with E-state index in [0.717, 1.165) is 12.8 Å². The maximum atomic E-state index is 13.6. The fourth-order valence-electron chi connectivity index (χ4n) is 1.37. The third-order valence-corrected chi connectivity index (χ3v) is 3.28. The minimum absolute atomic E-state index is 0.134. The van der Waals surface area contributed by atoms with Crippen molar-refractivity contribution >= 4 is 27.5 Å². The molecule has 0 radical (unpaired) electrons. The van der Waals surface area contributed by atoms with Gasteiger partial charge in [-0.3, -0.25) is 0 Å². The van der Waals surface area contributed by atoms with Crippen LogP contribution in [0.1, 0.15) is 18.4 Å². The van der Waals surface area contributed by atoms with E-state index < -0.39 is 11.4 Å². The van der Waals surface area contributed by atoms with Gasteiger partial charge in [0.15, 0.2) is 0 Å². The van der Waals surface area contributed by atoms with Gasteiger partial charge in [0.2, 0.25) is 0 Å². The maximum Gasteiger partial charge on any atom is 0.147 e. The second-order valence-electron chi connectivity index (χ2n) is 3.37. The van der Waals surface area contributed by atoms with E-state index >= 15 is 0 Å². The fourth-order valence-corrected chi connectivity index (χ4v) is 2.23. The molecule has 0 amide bonds. The molecule has 1 aromatic carbocycles. The molecule has 0 spiro atoms. The first-order chi connectivity index (χ1) is 6.04. The minimum atomic E-state index is -0.492. The lowest BCUT2D eigenvalue weighted by atomic mass is 10.1. The number of halogens is 3. The van der Waals surface area contributed by atoms with Crippen LogP contribution in [0.25, 0.3) is 0 Å². The zero-order valence-corrected chi connectivity index (χ0v) is 9.12. The zero-order valence-electron chi connectivity index (χ0n) is 6.78. The Bertz CT molecular complexity index is 363. The van der Waals surface area contributed by atoms with Crippen LogP contribution in [0.2, 0.25) is 5.02 Å². The summed E-state index contributed by atoms with van der Waals surface area (Å²) < 4.78 is 14.3. The molecule has 70 valence electrons. The van der Waals surface area contributed by atoms with Crippen LogP contribution in [0.5, 0.6) is 0 Å². The third kappa shape index (κ3) is 1.49. The predicted octanol–water partition coefficient (Wildman–Crippen LogP) is 3.19. The summed E-state index contributed by atoms with van der Waals surface area (Å²) in [7, 11) is 0. The molecule has 13 heavy (non-hydrogen) atoms. The molecule has 0 bridgehead atoms. The molecule has 1 aliphatic carbocycles. The van der Waals surface area contributed by atoms with Crippen molar-refractivity contribution < 1.29 is 4.39 Å². The number of hydrogen-bond acceptors (Lipinski definition) is 1. The van der Waals surface area contributed by atoms with Gasteiger partial charge < -0.3 is 5.73 Å². The molecular weight excluding hydrogens is 256 g/mol. The highest BCUT2D eigenvalue weighted by molar-refractivity contribution is 9.10. The van der Waals surface area contributed by atoms with E-state index in [1.807, 2.05) is 0 Å². The van der Waals surface area contributed by atoms with Crippen LogP contribution in [-0.4, -0.2) is 0 Å². The second kappa shape index (κ2) is 2.94. The number of rotatable bonds is 1. The van der Waals surface area contributed by atoms with Crippen molar-refractivity contribution in [1.82, 2.24) is 0 Å². The highest BCUT2D eigenvalue weighted by Gasteiger charge is 2.43. The summed E-state index contributed by atoms with van der Waals surface area (Å²) in [4.78, 5) is 0. The van der Waals surface area contributed by atoms with Crippen LogP contribution in [-0.2, 0) is 5.54 Å². The van der Waals surface area contributed by atoms with Crippen molar-refractivity contribution in [1.29, 1.82) is 0 Å². The lowest BCUT2D eigenvalue weighted by Crippen LogP contribution is -2.21. The average molecular weight is 265 g/mol. The molecule has 0 unspecified atom stereocenters. The second-order valence-corrected chi connectivity index (χ2v) is 4.64. The van der Waals surface area contributed by atoms with Crippen LogP contribution in [0, 0.1) is 5.82 Å². The average Bonchev–Trinajstić information content (AvgIpc) is 2.78. The van der Waals surface area contributed by atoms with Crippen LogP contribution in [0.15, 0.2) is 16.6 Å². The van der Waals surface area contributed by atoms with Gasteiger partial charge in [-0.15, -0.1) is 0 Å². The lowest BCUT2D eigenvalue weighted by Gasteiger charge is -2.13. The Morgan fingerprint density at radius 3 is 2.62 bits per heavy atom. The molecule has 0 aromatic heterocycles. The van der Waals surface area contributed by atoms with Gasteiger partial charge in [-0.05, 0) is 25.0 Å². The van der Waals surface area contributed by atoms with Crippen molar-refractivity contribution in [2.45, 2.75) is 18.4 Å². The van der Waals surface area contributed by atoms with Gasteiger partial charge in [-0.1, -0.05) is 27.5 Å². The van der Waals surface area contributed by atoms with E-state index in [-0.39, 0.29) is 5.02 Å². The van der Waals surface area contributed by atoms with Crippen molar-refractivity contribution in [3.8, 4) is 0 Å². The SMILES string of the molecule is NC1(c2c(Br)ccc(Cl)c2F)CC1. The van der Waals surface area contributed by atoms with Crippen molar-refractivity contribution in [3.05, 3.63) is 33.0 Å². The van der Waals surface area contributed by atoms with Crippen molar-refractivity contribution in [2.24, 2.45) is 5.73 Å². The van der Waals surface area contributed by atoms with Crippen LogP contribution in [0.3, 0.4) is 0 Å². The Hall–Kier alpha value is -0.120. The molecule has 1 aromatic rings. The first kappa shape index (κ1) is 9.44. The van der Waals surface area contributed by atoms with E-state index in [0.29, 0.717) is 10.0 Å². The predicted molar refractivity (Wildman–Crippen MR) is 54.2 cm³/mol. The largest absolute Gasteiger partial charge is 0.321 e. The highest BCUT2D eigenvalue weighted by atomic mass is 79.9. The molecule has 0 aliphatic heterocycles. The molecule has 1 aliphatic rings. The van der Waals surface area contributed by atoms with Crippen LogP contribution < -0.4 is 5.73 Å². The normalized spacial score (nSPS) is 18.8. The summed E-state index contributed by atoms with van der Waals surface area (Å²) in [5.41, 5.74) is 5.93. The standard InChI is InChI=1S/C9H8BrClFN/c10-5-1-2-6(11)8(12)7(5)9(13)3-4-9/h1-2H,3-4,13H2. The van der Waals surface area contributed by atoms with Crippen LogP contribution >= 0.6 is 27.5 Å². The Morgan fingerprint density at radius 1 is 1.46 bits per heavy atom. The molecule has 2 N–H and O–H groups in total. The molecule has 0 heterocycles. The summed E-state index contributed by atoms with van der Waals surface area (Å²) in [5.74, 6) is -0.393. The zero-order chi connectivity index (χ0) is 9.64. The number of nitrogens with two attached hydrogens (primary N) is 1. The van der Waals surface area contributed by atoms with Gasteiger partial charge in [0.05, 0.1) is 5.02 Å². The van der Waals surface area contributed by atoms with Gasteiger partial charge in [0.25, 0.3) is 0 Å². The van der Waals surface area contributed by atoms with E-state index in [1.54, 1.807) is 6.07 Å². The molecule has 1 fully saturated rings. The third-order valence-electron chi connectivity index (χ3n) is 2.33. The molecule has 4 heteroatoms.